The first-order chi connectivity index (χ1) is 29.4. The number of carbonyl (C=O) groups excluding carboxylic acids is 1. The van der Waals surface area contributed by atoms with E-state index in [0.29, 0.717) is 38.1 Å². The Morgan fingerprint density at radius 1 is 0.871 bits per heavy atom. The van der Waals surface area contributed by atoms with Crippen LogP contribution >= 0.6 is 12.0 Å². The number of anilines is 1. The number of allylic oxidation sites excluding steroid dienone is 7. The molecule has 1 aliphatic carbocycles. The van der Waals surface area contributed by atoms with Crippen molar-refractivity contribution in [2.24, 2.45) is 0 Å². The molecule has 6 rings (SSSR count). The summed E-state index contributed by atoms with van der Waals surface area (Å²) in [6.45, 7) is 16.1. The summed E-state index contributed by atoms with van der Waals surface area (Å²) >= 11 is 1.01. The van der Waals surface area contributed by atoms with Gasteiger partial charge >= 0.3 is 6.09 Å². The SMILES string of the molecule is CC(C)(C)OC(=O)N(Cc1ccccc1)C1=C(/C=C/C2=[N+](CCCCS(=O)(=O)[O-])c3ccccc3C2(C)C)CC/C1=C\C=C1\N(CCCCSOO[O-])c2ccccc2C1(C)C. The van der Waals surface area contributed by atoms with E-state index in [9.17, 15) is 23.0 Å². The number of hydrogen-bond acceptors (Lipinski definition) is 10. The van der Waals surface area contributed by atoms with E-state index in [2.05, 4.69) is 107 Å². The molecule has 0 bridgehead atoms. The highest BCUT2D eigenvalue weighted by Crippen LogP contribution is 2.48. The molecule has 0 atom stereocenters. The van der Waals surface area contributed by atoms with Gasteiger partial charge in [-0.1, -0.05) is 92.7 Å². The summed E-state index contributed by atoms with van der Waals surface area (Å²) in [5.41, 5.74) is 9.21. The van der Waals surface area contributed by atoms with E-state index >= 15 is 0 Å². The quantitative estimate of drug-likeness (QED) is 0.0304. The molecule has 3 aliphatic rings. The smallest absolute Gasteiger partial charge is 0.415 e. The molecule has 1 amide bonds. The summed E-state index contributed by atoms with van der Waals surface area (Å²) in [5.74, 6) is 0.234. The molecule has 0 radical (unpaired) electrons. The van der Waals surface area contributed by atoms with E-state index in [-0.39, 0.29) is 17.3 Å². The van der Waals surface area contributed by atoms with Crippen LogP contribution in [0.4, 0.5) is 16.2 Å². The molecule has 13 heteroatoms. The van der Waals surface area contributed by atoms with Crippen LogP contribution in [-0.4, -0.2) is 64.4 Å². The Kier molecular flexibility index (Phi) is 15.1. The molecule has 2 heterocycles. The second-order valence-corrected chi connectivity index (χ2v) is 20.4. The lowest BCUT2D eigenvalue weighted by molar-refractivity contribution is -0.777. The molecule has 0 N–H and O–H groups in total. The van der Waals surface area contributed by atoms with Crippen molar-refractivity contribution in [3.8, 4) is 0 Å². The molecule has 3 aromatic carbocycles. The first kappa shape index (κ1) is 47.0. The van der Waals surface area contributed by atoms with Crippen LogP contribution in [0.5, 0.6) is 0 Å². The molecule has 0 aromatic heterocycles. The minimum atomic E-state index is -4.31. The molecular formula is C49H60N3O8S2-. The predicted octanol–water partition coefficient (Wildman–Crippen LogP) is 9.69. The van der Waals surface area contributed by atoms with Crippen molar-refractivity contribution in [2.45, 2.75) is 110 Å². The Morgan fingerprint density at radius 3 is 2.27 bits per heavy atom. The van der Waals surface area contributed by atoms with E-state index in [1.54, 1.807) is 4.90 Å². The van der Waals surface area contributed by atoms with Crippen molar-refractivity contribution < 1.29 is 41.7 Å². The van der Waals surface area contributed by atoms with Gasteiger partial charge in [0, 0.05) is 71.0 Å². The molecule has 0 fully saturated rings. The summed E-state index contributed by atoms with van der Waals surface area (Å²) in [7, 11) is -4.31. The maximum atomic E-state index is 14.5. The van der Waals surface area contributed by atoms with Crippen molar-refractivity contribution in [3.05, 3.63) is 142 Å². The van der Waals surface area contributed by atoms with Gasteiger partial charge in [0.2, 0.25) is 5.69 Å². The zero-order valence-electron chi connectivity index (χ0n) is 37.0. The van der Waals surface area contributed by atoms with Crippen molar-refractivity contribution in [3.63, 3.8) is 0 Å². The largest absolute Gasteiger partial charge is 0.748 e. The zero-order chi connectivity index (χ0) is 44.7. The second-order valence-electron chi connectivity index (χ2n) is 18.1. The molecular weight excluding hydrogens is 823 g/mol. The van der Waals surface area contributed by atoms with Crippen molar-refractivity contribution >= 4 is 45.3 Å². The second kappa shape index (κ2) is 19.9. The van der Waals surface area contributed by atoms with Gasteiger partial charge in [0.15, 0.2) is 5.71 Å². The van der Waals surface area contributed by atoms with Crippen molar-refractivity contribution in [1.82, 2.24) is 4.90 Å². The van der Waals surface area contributed by atoms with E-state index in [1.807, 2.05) is 63.2 Å². The fraction of sp³-hybridized carbons (Fsp3) is 0.429. The number of carbonyl (C=O) groups is 1. The normalized spacial score (nSPS) is 18.4. The van der Waals surface area contributed by atoms with Crippen LogP contribution < -0.4 is 10.2 Å². The third-order valence-electron chi connectivity index (χ3n) is 11.8. The summed E-state index contributed by atoms with van der Waals surface area (Å²) < 4.78 is 47.2. The first-order valence-corrected chi connectivity index (χ1v) is 23.9. The Morgan fingerprint density at radius 2 is 1.56 bits per heavy atom. The van der Waals surface area contributed by atoms with E-state index in [0.717, 1.165) is 82.2 Å². The van der Waals surface area contributed by atoms with Crippen LogP contribution in [0, 0.1) is 0 Å². The van der Waals surface area contributed by atoms with Crippen LogP contribution in [0.3, 0.4) is 0 Å². The number of benzene rings is 3. The molecule has 11 nitrogen and oxygen atoms in total. The average molecular weight is 883 g/mol. The van der Waals surface area contributed by atoms with Gasteiger partial charge in [-0.15, -0.1) is 0 Å². The van der Waals surface area contributed by atoms with Gasteiger partial charge in [0.05, 0.1) is 27.8 Å². The van der Waals surface area contributed by atoms with Gasteiger partial charge in [0.25, 0.3) is 0 Å². The van der Waals surface area contributed by atoms with Crippen LogP contribution in [-0.2, 0) is 41.6 Å². The fourth-order valence-electron chi connectivity index (χ4n) is 8.86. The van der Waals surface area contributed by atoms with Crippen molar-refractivity contribution in [2.75, 3.05) is 29.5 Å². The number of amides is 1. The first-order valence-electron chi connectivity index (χ1n) is 21.4. The van der Waals surface area contributed by atoms with Gasteiger partial charge < -0.3 is 19.4 Å². The molecule has 2 aliphatic heterocycles. The molecule has 3 aromatic rings. The highest BCUT2D eigenvalue weighted by molar-refractivity contribution is 7.94. The Labute approximate surface area is 372 Å². The van der Waals surface area contributed by atoms with Crippen LogP contribution in [0.2, 0.25) is 0 Å². The lowest BCUT2D eigenvalue weighted by atomic mass is 9.81. The molecule has 0 saturated heterocycles. The van der Waals surface area contributed by atoms with E-state index in [4.69, 9.17) is 4.74 Å². The van der Waals surface area contributed by atoms with Gasteiger partial charge in [0.1, 0.15) is 12.1 Å². The van der Waals surface area contributed by atoms with Crippen LogP contribution in [0.25, 0.3) is 0 Å². The van der Waals surface area contributed by atoms with Gasteiger partial charge in [-0.3, -0.25) is 9.94 Å². The highest BCUT2D eigenvalue weighted by Gasteiger charge is 2.44. The number of fused-ring (bicyclic) bond motifs is 2. The lowest BCUT2D eigenvalue weighted by Gasteiger charge is -2.30. The zero-order valence-corrected chi connectivity index (χ0v) is 38.7. The van der Waals surface area contributed by atoms with E-state index < -0.39 is 27.6 Å². The molecule has 0 unspecified atom stereocenters. The summed E-state index contributed by atoms with van der Waals surface area (Å²) in [6, 6.07) is 26.7. The Bertz CT molecular complexity index is 2360. The number of para-hydroxylation sites is 2. The summed E-state index contributed by atoms with van der Waals surface area (Å²) in [4.78, 5) is 18.7. The van der Waals surface area contributed by atoms with Gasteiger partial charge in [-0.05, 0) is 101 Å². The predicted molar refractivity (Wildman–Crippen MR) is 244 cm³/mol. The lowest BCUT2D eigenvalue weighted by Crippen LogP contribution is -2.36. The Hall–Kier alpha value is -4.50. The van der Waals surface area contributed by atoms with Gasteiger partial charge in [-0.2, -0.15) is 8.91 Å². The average Bonchev–Trinajstić information content (AvgIpc) is 3.78. The highest BCUT2D eigenvalue weighted by atomic mass is 32.2. The standard InChI is InChI=1S/C49H61N3O8S2/c1-47(2,3)58-46(53)52(35-36-19-9-8-10-20-36)45-37(27-29-43-48(4,5)39-21-11-13-23-41(39)50(43)31-15-17-33-61-60-59-54)25-26-38(45)28-30-44-49(6,7)40-22-12-14-24-42(40)51(44)32-16-18-34-62(55,56)57/h8-14,19-24,27-30H,15-18,25-26,31-35H2,1-7H3,(H-,54,55,56,57)/p-1. The monoisotopic (exact) mass is 882 g/mol. The topological polar surface area (TPSA) is 135 Å². The minimum Gasteiger partial charge on any atom is -0.748 e. The number of rotatable bonds is 18. The molecule has 332 valence electrons. The van der Waals surface area contributed by atoms with Gasteiger partial charge in [-0.25, -0.2) is 13.2 Å². The summed E-state index contributed by atoms with van der Waals surface area (Å²) in [6.07, 6.45) is 12.2. The number of unbranched alkanes of at least 4 members (excludes halogenated alkanes) is 2. The summed E-state index contributed by atoms with van der Waals surface area (Å²) in [5, 5.41) is 13.8. The fourth-order valence-corrected chi connectivity index (χ4v) is 9.84. The minimum absolute atomic E-state index is 0.274. The molecule has 0 spiro atoms. The van der Waals surface area contributed by atoms with E-state index in [1.165, 1.54) is 5.56 Å². The van der Waals surface area contributed by atoms with Crippen LogP contribution in [0.15, 0.2) is 126 Å². The number of ether oxygens (including phenoxy) is 1. The van der Waals surface area contributed by atoms with Crippen LogP contribution in [0.1, 0.15) is 104 Å². The maximum Gasteiger partial charge on any atom is 0.415 e. The molecule has 0 saturated carbocycles. The molecule has 62 heavy (non-hydrogen) atoms. The third kappa shape index (κ3) is 11.2. The third-order valence-corrected chi connectivity index (χ3v) is 13.2. The van der Waals surface area contributed by atoms with Crippen molar-refractivity contribution in [1.29, 1.82) is 0 Å². The number of hydrogen-bond donors (Lipinski definition) is 0. The number of nitrogens with zero attached hydrogens (tertiary/aromatic N) is 3. The Balaban J connectivity index is 1.46. The maximum absolute atomic E-state index is 14.5.